The minimum atomic E-state index is 1.08. The van der Waals surface area contributed by atoms with Crippen molar-refractivity contribution in [3.05, 3.63) is 18.2 Å². The number of thioether (sulfide) groups is 1. The van der Waals surface area contributed by atoms with Gasteiger partial charge in [0.05, 0.1) is 12.3 Å². The molecule has 0 amide bonds. The summed E-state index contributed by atoms with van der Waals surface area (Å²) in [6, 6.07) is 0. The Balaban J connectivity index is 2.40. The molecule has 3 heteroatoms. The van der Waals surface area contributed by atoms with Gasteiger partial charge < -0.3 is 0 Å². The summed E-state index contributed by atoms with van der Waals surface area (Å²) in [6.45, 7) is 3.40. The summed E-state index contributed by atoms with van der Waals surface area (Å²) < 4.78 is 2.33. The van der Waals surface area contributed by atoms with Crippen molar-refractivity contribution in [3.8, 4) is 0 Å². The predicted octanol–water partition coefficient (Wildman–Crippen LogP) is 2.36. The van der Waals surface area contributed by atoms with Gasteiger partial charge in [0.1, 0.15) is 12.4 Å². The molecular weight excluding hydrogens is 180 g/mol. The molecule has 0 saturated heterocycles. The van der Waals surface area contributed by atoms with Crippen LogP contribution in [0.5, 0.6) is 0 Å². The van der Waals surface area contributed by atoms with Gasteiger partial charge in [-0.2, -0.15) is 11.8 Å². The number of H-pyrrole nitrogens is 1. The van der Waals surface area contributed by atoms with E-state index in [4.69, 9.17) is 0 Å². The van der Waals surface area contributed by atoms with E-state index in [1.807, 2.05) is 18.0 Å². The lowest BCUT2D eigenvalue weighted by Gasteiger charge is -1.98. The van der Waals surface area contributed by atoms with Gasteiger partial charge in [0, 0.05) is 0 Å². The molecule has 0 aliphatic heterocycles. The quantitative estimate of drug-likeness (QED) is 0.550. The molecule has 0 fully saturated rings. The van der Waals surface area contributed by atoms with E-state index in [2.05, 4.69) is 28.9 Å². The summed E-state index contributed by atoms with van der Waals surface area (Å²) in [5, 5.41) is 0. The molecule has 0 aliphatic rings. The van der Waals surface area contributed by atoms with Crippen LogP contribution in [-0.4, -0.2) is 11.2 Å². The number of hydrogen-bond acceptors (Lipinski definition) is 1. The number of aromatic nitrogens is 2. The Bertz CT molecular complexity index is 233. The molecule has 0 aromatic carbocycles. The lowest BCUT2D eigenvalue weighted by atomic mass is 10.2. The maximum atomic E-state index is 3.28. The van der Waals surface area contributed by atoms with Crippen LogP contribution in [0.1, 0.15) is 32.0 Å². The third-order valence-electron chi connectivity index (χ3n) is 2.13. The van der Waals surface area contributed by atoms with Gasteiger partial charge in [-0.25, -0.2) is 9.55 Å². The molecule has 1 aromatic rings. The first kappa shape index (κ1) is 10.6. The molecule has 0 radical (unpaired) electrons. The fraction of sp³-hybridized carbons (Fsp3) is 0.700. The number of imidazole rings is 1. The second-order valence-electron chi connectivity index (χ2n) is 3.24. The van der Waals surface area contributed by atoms with Crippen LogP contribution >= 0.6 is 11.8 Å². The van der Waals surface area contributed by atoms with Crippen LogP contribution in [0.2, 0.25) is 0 Å². The normalized spacial score (nSPS) is 10.6. The molecular formula is C10H19N2S+. The SMILES string of the molecule is CCCCC[n+]1cc[nH]c1CSC. The van der Waals surface area contributed by atoms with Gasteiger partial charge in [-0.1, -0.05) is 13.3 Å². The zero-order chi connectivity index (χ0) is 9.52. The molecule has 1 aromatic heterocycles. The van der Waals surface area contributed by atoms with Gasteiger partial charge in [0.25, 0.3) is 5.82 Å². The Morgan fingerprint density at radius 2 is 2.31 bits per heavy atom. The third-order valence-corrected chi connectivity index (χ3v) is 2.70. The molecule has 0 bridgehead atoms. The van der Waals surface area contributed by atoms with E-state index in [1.165, 1.54) is 25.1 Å². The highest BCUT2D eigenvalue weighted by Crippen LogP contribution is 2.02. The van der Waals surface area contributed by atoms with Crippen molar-refractivity contribution in [3.63, 3.8) is 0 Å². The maximum absolute atomic E-state index is 3.28. The molecule has 0 aliphatic carbocycles. The molecule has 13 heavy (non-hydrogen) atoms. The Hall–Kier alpha value is -0.440. The lowest BCUT2D eigenvalue weighted by molar-refractivity contribution is -0.702. The highest BCUT2D eigenvalue weighted by Gasteiger charge is 2.07. The zero-order valence-corrected chi connectivity index (χ0v) is 9.36. The number of nitrogens with one attached hydrogen (secondary N) is 1. The van der Waals surface area contributed by atoms with Crippen LogP contribution in [0.15, 0.2) is 12.4 Å². The van der Waals surface area contributed by atoms with Crippen molar-refractivity contribution in [1.29, 1.82) is 0 Å². The number of unbranched alkanes of at least 4 members (excludes halogenated alkanes) is 2. The van der Waals surface area contributed by atoms with E-state index < -0.39 is 0 Å². The predicted molar refractivity (Wildman–Crippen MR) is 57.7 cm³/mol. The van der Waals surface area contributed by atoms with Crippen molar-refractivity contribution in [2.24, 2.45) is 0 Å². The second kappa shape index (κ2) is 6.08. The van der Waals surface area contributed by atoms with E-state index >= 15 is 0 Å². The molecule has 0 spiro atoms. The molecule has 0 unspecified atom stereocenters. The number of aromatic amines is 1. The average molecular weight is 199 g/mol. The van der Waals surface area contributed by atoms with E-state index in [0.717, 1.165) is 12.3 Å². The van der Waals surface area contributed by atoms with Gasteiger partial charge in [0.2, 0.25) is 0 Å². The van der Waals surface area contributed by atoms with Gasteiger partial charge in [-0.15, -0.1) is 0 Å². The first-order chi connectivity index (χ1) is 6.38. The van der Waals surface area contributed by atoms with Crippen LogP contribution in [0, 0.1) is 0 Å². The van der Waals surface area contributed by atoms with Crippen LogP contribution < -0.4 is 4.57 Å². The second-order valence-corrected chi connectivity index (χ2v) is 4.11. The largest absolute Gasteiger partial charge is 0.264 e. The van der Waals surface area contributed by atoms with E-state index in [1.54, 1.807) is 0 Å². The smallest absolute Gasteiger partial charge is 0.247 e. The fourth-order valence-electron chi connectivity index (χ4n) is 1.40. The summed E-state index contributed by atoms with van der Waals surface area (Å²) in [4.78, 5) is 3.28. The summed E-state index contributed by atoms with van der Waals surface area (Å²) in [5.41, 5.74) is 0. The monoisotopic (exact) mass is 199 g/mol. The van der Waals surface area contributed by atoms with Gasteiger partial charge >= 0.3 is 0 Å². The maximum Gasteiger partial charge on any atom is 0.264 e. The molecule has 1 heterocycles. The summed E-state index contributed by atoms with van der Waals surface area (Å²) in [7, 11) is 0. The van der Waals surface area contributed by atoms with E-state index in [0.29, 0.717) is 0 Å². The number of nitrogens with zero attached hydrogens (tertiary/aromatic N) is 1. The molecule has 1 rings (SSSR count). The van der Waals surface area contributed by atoms with E-state index in [-0.39, 0.29) is 0 Å². The summed E-state index contributed by atoms with van der Waals surface area (Å²) in [6.07, 6.45) is 10.2. The topological polar surface area (TPSA) is 19.7 Å². The fourth-order valence-corrected chi connectivity index (χ4v) is 1.92. The molecule has 0 atom stereocenters. The molecule has 0 saturated carbocycles. The Morgan fingerprint density at radius 3 is 3.00 bits per heavy atom. The highest BCUT2D eigenvalue weighted by atomic mass is 32.2. The van der Waals surface area contributed by atoms with Crippen LogP contribution in [0.25, 0.3) is 0 Å². The van der Waals surface area contributed by atoms with Gasteiger partial charge in [0.15, 0.2) is 0 Å². The van der Waals surface area contributed by atoms with Crippen LogP contribution in [-0.2, 0) is 12.3 Å². The number of aryl methyl sites for hydroxylation is 1. The summed E-state index contributed by atoms with van der Waals surface area (Å²) >= 11 is 1.86. The third kappa shape index (κ3) is 3.43. The van der Waals surface area contributed by atoms with Gasteiger partial charge in [-0.05, 0) is 19.1 Å². The van der Waals surface area contributed by atoms with Crippen molar-refractivity contribution in [2.75, 3.05) is 6.26 Å². The molecule has 2 nitrogen and oxygen atoms in total. The Kier molecular flexibility index (Phi) is 4.98. The minimum Gasteiger partial charge on any atom is -0.247 e. The van der Waals surface area contributed by atoms with Crippen LogP contribution in [0.3, 0.4) is 0 Å². The highest BCUT2D eigenvalue weighted by molar-refractivity contribution is 7.97. The summed E-state index contributed by atoms with van der Waals surface area (Å²) in [5.74, 6) is 2.42. The standard InChI is InChI=1S/C10H18N2S/c1-3-4-5-7-12-8-6-11-10(12)9-13-2/h6,8H,3-5,7,9H2,1-2H3/p+1. The van der Waals surface area contributed by atoms with Crippen molar-refractivity contribution in [2.45, 2.75) is 38.5 Å². The molecule has 1 N–H and O–H groups in total. The minimum absolute atomic E-state index is 1.08. The van der Waals surface area contributed by atoms with Crippen molar-refractivity contribution < 1.29 is 4.57 Å². The lowest BCUT2D eigenvalue weighted by Crippen LogP contribution is -2.35. The van der Waals surface area contributed by atoms with Crippen molar-refractivity contribution in [1.82, 2.24) is 4.98 Å². The van der Waals surface area contributed by atoms with Crippen LogP contribution in [0.4, 0.5) is 0 Å². The Morgan fingerprint density at radius 1 is 1.46 bits per heavy atom. The number of hydrogen-bond donors (Lipinski definition) is 1. The Labute approximate surface area is 84.7 Å². The zero-order valence-electron chi connectivity index (χ0n) is 8.55. The average Bonchev–Trinajstić information content (AvgIpc) is 2.54. The van der Waals surface area contributed by atoms with Crippen molar-refractivity contribution >= 4 is 11.8 Å². The first-order valence-electron chi connectivity index (χ1n) is 4.93. The molecule has 74 valence electrons. The van der Waals surface area contributed by atoms with E-state index in [9.17, 15) is 0 Å². The first-order valence-corrected chi connectivity index (χ1v) is 6.32. The number of rotatable bonds is 6. The van der Waals surface area contributed by atoms with Gasteiger partial charge in [-0.3, -0.25) is 0 Å².